The highest BCUT2D eigenvalue weighted by Crippen LogP contribution is 2.19. The largest absolute Gasteiger partial charge is 0.489 e. The summed E-state index contributed by atoms with van der Waals surface area (Å²) < 4.78 is 5.79. The van der Waals surface area contributed by atoms with Gasteiger partial charge in [0.1, 0.15) is 18.1 Å². The molecule has 33 heavy (non-hydrogen) atoms. The van der Waals surface area contributed by atoms with Crippen LogP contribution < -0.4 is 15.4 Å². The van der Waals surface area contributed by atoms with Gasteiger partial charge in [-0.15, -0.1) is 11.3 Å². The van der Waals surface area contributed by atoms with E-state index in [-0.39, 0.29) is 11.6 Å². The number of anilines is 1. The van der Waals surface area contributed by atoms with Crippen molar-refractivity contribution in [1.82, 2.24) is 5.32 Å². The molecule has 164 valence electrons. The van der Waals surface area contributed by atoms with E-state index in [1.54, 1.807) is 54.6 Å². The highest BCUT2D eigenvalue weighted by Gasteiger charge is 2.15. The number of nitrogens with one attached hydrogen (secondary N) is 2. The van der Waals surface area contributed by atoms with Gasteiger partial charge < -0.3 is 15.4 Å². The maximum atomic E-state index is 13.0. The van der Waals surface area contributed by atoms with Gasteiger partial charge in [-0.2, -0.15) is 0 Å². The Balaban J connectivity index is 1.43. The normalized spacial score (nSPS) is 11.0. The molecule has 0 aliphatic heterocycles. The molecule has 0 radical (unpaired) electrons. The number of amides is 2. The zero-order valence-corrected chi connectivity index (χ0v) is 18.5. The fourth-order valence-electron chi connectivity index (χ4n) is 3.03. The second-order valence-electron chi connectivity index (χ2n) is 7.15. The monoisotopic (exact) mass is 454 g/mol. The van der Waals surface area contributed by atoms with Gasteiger partial charge in [0.25, 0.3) is 11.8 Å². The van der Waals surface area contributed by atoms with E-state index >= 15 is 0 Å². The summed E-state index contributed by atoms with van der Waals surface area (Å²) in [5.41, 5.74) is 2.31. The Morgan fingerprint density at radius 1 is 0.818 bits per heavy atom. The van der Waals surface area contributed by atoms with Crippen molar-refractivity contribution in [3.05, 3.63) is 124 Å². The SMILES string of the molecule is O=C(Nc1ccc(OCc2ccccc2)cc1)/C(=C/c1cccs1)NC(=O)c1ccccc1. The smallest absolute Gasteiger partial charge is 0.272 e. The van der Waals surface area contributed by atoms with E-state index in [1.807, 2.05) is 53.9 Å². The predicted octanol–water partition coefficient (Wildman–Crippen LogP) is 5.74. The molecule has 0 spiro atoms. The maximum absolute atomic E-state index is 13.0. The first kappa shape index (κ1) is 22.0. The van der Waals surface area contributed by atoms with E-state index in [0.717, 1.165) is 10.4 Å². The molecule has 0 atom stereocenters. The van der Waals surface area contributed by atoms with E-state index in [1.165, 1.54) is 11.3 Å². The van der Waals surface area contributed by atoms with Crippen molar-refractivity contribution in [3.63, 3.8) is 0 Å². The van der Waals surface area contributed by atoms with Gasteiger partial charge in [0.15, 0.2) is 0 Å². The topological polar surface area (TPSA) is 67.4 Å². The van der Waals surface area contributed by atoms with Gasteiger partial charge in [-0.3, -0.25) is 9.59 Å². The lowest BCUT2D eigenvalue weighted by molar-refractivity contribution is -0.113. The quantitative estimate of drug-likeness (QED) is 0.334. The summed E-state index contributed by atoms with van der Waals surface area (Å²) in [6, 6.07) is 29.6. The molecule has 4 aromatic rings. The molecule has 3 aromatic carbocycles. The lowest BCUT2D eigenvalue weighted by atomic mass is 10.2. The summed E-state index contributed by atoms with van der Waals surface area (Å²) in [5.74, 6) is -0.0626. The van der Waals surface area contributed by atoms with Gasteiger partial charge in [0.2, 0.25) is 0 Å². The number of benzene rings is 3. The average molecular weight is 455 g/mol. The van der Waals surface area contributed by atoms with Crippen LogP contribution in [0.2, 0.25) is 0 Å². The Morgan fingerprint density at radius 3 is 2.18 bits per heavy atom. The van der Waals surface area contributed by atoms with E-state index in [0.29, 0.717) is 23.6 Å². The van der Waals surface area contributed by atoms with Crippen LogP contribution in [0.5, 0.6) is 5.75 Å². The Morgan fingerprint density at radius 2 is 1.52 bits per heavy atom. The molecule has 0 aliphatic carbocycles. The summed E-state index contributed by atoms with van der Waals surface area (Å²) in [6.45, 7) is 0.464. The standard InChI is InChI=1S/C27H22N2O3S/c30-26(21-10-5-2-6-11-21)29-25(18-24-12-7-17-33-24)27(31)28-22-13-15-23(16-14-22)32-19-20-8-3-1-4-9-20/h1-18H,19H2,(H,28,31)(H,29,30)/b25-18-. The molecule has 2 N–H and O–H groups in total. The molecule has 1 heterocycles. The van der Waals surface area contributed by atoms with Crippen molar-refractivity contribution < 1.29 is 14.3 Å². The van der Waals surface area contributed by atoms with E-state index in [2.05, 4.69) is 10.6 Å². The van der Waals surface area contributed by atoms with Gasteiger partial charge >= 0.3 is 0 Å². The Kier molecular flexibility index (Phi) is 7.30. The molecular weight excluding hydrogens is 432 g/mol. The second kappa shape index (κ2) is 10.9. The van der Waals surface area contributed by atoms with Gasteiger partial charge in [-0.25, -0.2) is 0 Å². The molecule has 0 saturated carbocycles. The molecule has 5 nitrogen and oxygen atoms in total. The van der Waals surface area contributed by atoms with Crippen LogP contribution in [0.4, 0.5) is 5.69 Å². The third-order valence-corrected chi connectivity index (χ3v) is 5.54. The molecule has 6 heteroatoms. The van der Waals surface area contributed by atoms with Crippen molar-refractivity contribution in [2.24, 2.45) is 0 Å². The fourth-order valence-corrected chi connectivity index (χ4v) is 3.69. The summed E-state index contributed by atoms with van der Waals surface area (Å²) in [4.78, 5) is 26.5. The number of rotatable bonds is 8. The zero-order valence-electron chi connectivity index (χ0n) is 17.7. The predicted molar refractivity (Wildman–Crippen MR) is 132 cm³/mol. The summed E-state index contributed by atoms with van der Waals surface area (Å²) in [7, 11) is 0. The number of carbonyl (C=O) groups excluding carboxylic acids is 2. The van der Waals surface area contributed by atoms with Crippen molar-refractivity contribution in [1.29, 1.82) is 0 Å². The minimum Gasteiger partial charge on any atom is -0.489 e. The van der Waals surface area contributed by atoms with Crippen LogP contribution in [0.25, 0.3) is 6.08 Å². The highest BCUT2D eigenvalue weighted by molar-refractivity contribution is 7.10. The van der Waals surface area contributed by atoms with E-state index in [4.69, 9.17) is 4.74 Å². The molecule has 0 bridgehead atoms. The molecule has 0 unspecified atom stereocenters. The van der Waals surface area contributed by atoms with Gasteiger partial charge in [-0.05, 0) is 59.5 Å². The van der Waals surface area contributed by atoms with Gasteiger partial charge in [-0.1, -0.05) is 54.6 Å². The van der Waals surface area contributed by atoms with Crippen LogP contribution in [0, 0.1) is 0 Å². The van der Waals surface area contributed by atoms with Crippen LogP contribution in [0.3, 0.4) is 0 Å². The summed E-state index contributed by atoms with van der Waals surface area (Å²) in [6.07, 6.45) is 1.66. The van der Waals surface area contributed by atoms with Crippen LogP contribution in [0.15, 0.2) is 108 Å². The van der Waals surface area contributed by atoms with E-state index < -0.39 is 5.91 Å². The summed E-state index contributed by atoms with van der Waals surface area (Å²) >= 11 is 1.48. The summed E-state index contributed by atoms with van der Waals surface area (Å²) in [5, 5.41) is 7.48. The first-order chi connectivity index (χ1) is 16.2. The van der Waals surface area contributed by atoms with Crippen molar-refractivity contribution in [2.75, 3.05) is 5.32 Å². The number of thiophene rings is 1. The van der Waals surface area contributed by atoms with Crippen molar-refractivity contribution >= 4 is 34.9 Å². The fraction of sp³-hybridized carbons (Fsp3) is 0.0370. The van der Waals surface area contributed by atoms with Crippen LogP contribution in [-0.4, -0.2) is 11.8 Å². The van der Waals surface area contributed by atoms with Crippen LogP contribution >= 0.6 is 11.3 Å². The lowest BCUT2D eigenvalue weighted by Crippen LogP contribution is -2.30. The average Bonchev–Trinajstić information content (AvgIpc) is 3.37. The van der Waals surface area contributed by atoms with Gasteiger partial charge in [0, 0.05) is 16.1 Å². The minimum atomic E-state index is -0.411. The van der Waals surface area contributed by atoms with Crippen LogP contribution in [0.1, 0.15) is 20.8 Å². The van der Waals surface area contributed by atoms with Crippen LogP contribution in [-0.2, 0) is 11.4 Å². The van der Waals surface area contributed by atoms with Crippen molar-refractivity contribution in [2.45, 2.75) is 6.61 Å². The lowest BCUT2D eigenvalue weighted by Gasteiger charge is -2.12. The molecule has 0 saturated heterocycles. The number of hydrogen-bond donors (Lipinski definition) is 2. The Bertz CT molecular complexity index is 1220. The Hall–Kier alpha value is -4.16. The molecule has 0 aliphatic rings. The third kappa shape index (κ3) is 6.41. The Labute approximate surface area is 196 Å². The first-order valence-electron chi connectivity index (χ1n) is 10.4. The van der Waals surface area contributed by atoms with Crippen molar-refractivity contribution in [3.8, 4) is 5.75 Å². The zero-order chi connectivity index (χ0) is 22.9. The molecule has 1 aromatic heterocycles. The number of carbonyl (C=O) groups is 2. The second-order valence-corrected chi connectivity index (χ2v) is 8.13. The maximum Gasteiger partial charge on any atom is 0.272 e. The number of ether oxygens (including phenoxy) is 1. The molecule has 4 rings (SSSR count). The molecule has 0 fully saturated rings. The highest BCUT2D eigenvalue weighted by atomic mass is 32.1. The molecular formula is C27H22N2O3S. The number of hydrogen-bond acceptors (Lipinski definition) is 4. The minimum absolute atomic E-state index is 0.163. The third-order valence-electron chi connectivity index (χ3n) is 4.72. The van der Waals surface area contributed by atoms with Gasteiger partial charge in [0.05, 0.1) is 0 Å². The van der Waals surface area contributed by atoms with E-state index in [9.17, 15) is 9.59 Å². The first-order valence-corrected chi connectivity index (χ1v) is 11.2. The molecule has 2 amide bonds.